The number of esters is 3. The molecule has 0 N–H and O–H groups in total. The van der Waals surface area contributed by atoms with Crippen LogP contribution in [0.2, 0.25) is 0 Å². The zero-order chi connectivity index (χ0) is 49.3. The summed E-state index contributed by atoms with van der Waals surface area (Å²) in [5.41, 5.74) is 0. The summed E-state index contributed by atoms with van der Waals surface area (Å²) in [5, 5.41) is 0. The van der Waals surface area contributed by atoms with Crippen molar-refractivity contribution in [2.45, 2.75) is 303 Å². The van der Waals surface area contributed by atoms with Gasteiger partial charge in [0, 0.05) is 19.3 Å². The van der Waals surface area contributed by atoms with Crippen LogP contribution in [-0.2, 0) is 28.6 Å². The standard InChI is InChI=1S/C62H110O6/c1-4-7-10-13-16-19-22-25-27-29-30-31-32-33-35-37-40-43-46-49-52-55-61(64)67-58-59(57-66-60(63)54-51-48-45-42-39-36-24-21-18-15-12-9-6-3)68-62(65)56-53-50-47-44-41-38-34-28-26-23-20-17-14-11-8-5-2/h9,12,18,21-22,25,29-30,36,39,59H,4-8,10-11,13-17,19-20,23-24,26-28,31-35,37-38,40-58H2,1-3H3/b12-9-,21-18-,25-22-,30-29-,39-36-. The molecular weight excluding hydrogens is 841 g/mol. The number of rotatable bonds is 53. The number of carbonyl (C=O) groups excluding carboxylic acids is 3. The lowest BCUT2D eigenvalue weighted by molar-refractivity contribution is -0.167. The molecule has 0 rings (SSSR count). The van der Waals surface area contributed by atoms with E-state index in [0.717, 1.165) is 89.9 Å². The van der Waals surface area contributed by atoms with Gasteiger partial charge in [-0.3, -0.25) is 14.4 Å². The molecule has 1 unspecified atom stereocenters. The molecule has 0 amide bonds. The van der Waals surface area contributed by atoms with Gasteiger partial charge in [0.1, 0.15) is 13.2 Å². The number of hydrogen-bond donors (Lipinski definition) is 0. The summed E-state index contributed by atoms with van der Waals surface area (Å²) in [6.07, 6.45) is 70.7. The lowest BCUT2D eigenvalue weighted by Gasteiger charge is -2.18. The summed E-state index contributed by atoms with van der Waals surface area (Å²) < 4.78 is 16.9. The van der Waals surface area contributed by atoms with Crippen LogP contribution < -0.4 is 0 Å². The van der Waals surface area contributed by atoms with Gasteiger partial charge in [0.25, 0.3) is 0 Å². The minimum absolute atomic E-state index is 0.0835. The average Bonchev–Trinajstić information content (AvgIpc) is 3.34. The van der Waals surface area contributed by atoms with Gasteiger partial charge in [-0.25, -0.2) is 0 Å². The van der Waals surface area contributed by atoms with E-state index in [-0.39, 0.29) is 31.1 Å². The molecule has 0 spiro atoms. The van der Waals surface area contributed by atoms with Crippen molar-refractivity contribution >= 4 is 17.9 Å². The van der Waals surface area contributed by atoms with E-state index in [4.69, 9.17) is 14.2 Å². The molecule has 0 heterocycles. The minimum atomic E-state index is -0.786. The summed E-state index contributed by atoms with van der Waals surface area (Å²) in [6, 6.07) is 0. The highest BCUT2D eigenvalue weighted by Crippen LogP contribution is 2.16. The Bertz CT molecular complexity index is 1230. The van der Waals surface area contributed by atoms with E-state index in [1.807, 2.05) is 0 Å². The second-order valence-corrected chi connectivity index (χ2v) is 19.5. The van der Waals surface area contributed by atoms with Gasteiger partial charge < -0.3 is 14.2 Å². The molecule has 0 aliphatic carbocycles. The highest BCUT2D eigenvalue weighted by Gasteiger charge is 2.19. The highest BCUT2D eigenvalue weighted by molar-refractivity contribution is 5.71. The Morgan fingerprint density at radius 2 is 0.574 bits per heavy atom. The minimum Gasteiger partial charge on any atom is -0.462 e. The van der Waals surface area contributed by atoms with Gasteiger partial charge in [-0.15, -0.1) is 0 Å². The zero-order valence-corrected chi connectivity index (χ0v) is 45.1. The Balaban J connectivity index is 4.35. The Morgan fingerprint density at radius 1 is 0.309 bits per heavy atom. The van der Waals surface area contributed by atoms with E-state index < -0.39 is 6.10 Å². The molecule has 0 saturated heterocycles. The Labute approximate surface area is 421 Å². The molecule has 6 nitrogen and oxygen atoms in total. The Hall–Kier alpha value is -2.89. The number of allylic oxidation sites excluding steroid dienone is 10. The van der Waals surface area contributed by atoms with Crippen LogP contribution in [0.15, 0.2) is 60.8 Å². The number of carbonyl (C=O) groups is 3. The van der Waals surface area contributed by atoms with Gasteiger partial charge in [0.15, 0.2) is 6.10 Å². The molecule has 0 aliphatic rings. The summed E-state index contributed by atoms with van der Waals surface area (Å²) >= 11 is 0. The van der Waals surface area contributed by atoms with Crippen molar-refractivity contribution in [2.75, 3.05) is 13.2 Å². The topological polar surface area (TPSA) is 78.9 Å². The van der Waals surface area contributed by atoms with Crippen LogP contribution in [0, 0.1) is 0 Å². The molecule has 68 heavy (non-hydrogen) atoms. The Morgan fingerprint density at radius 3 is 0.912 bits per heavy atom. The number of hydrogen-bond acceptors (Lipinski definition) is 6. The zero-order valence-electron chi connectivity index (χ0n) is 45.1. The van der Waals surface area contributed by atoms with E-state index >= 15 is 0 Å². The fourth-order valence-electron chi connectivity index (χ4n) is 8.37. The smallest absolute Gasteiger partial charge is 0.306 e. The first kappa shape index (κ1) is 65.1. The molecule has 0 aliphatic heterocycles. The average molecular weight is 952 g/mol. The molecule has 0 radical (unpaired) electrons. The predicted octanol–water partition coefficient (Wildman–Crippen LogP) is 19.6. The normalized spacial score (nSPS) is 12.5. The largest absolute Gasteiger partial charge is 0.462 e. The second-order valence-electron chi connectivity index (χ2n) is 19.5. The van der Waals surface area contributed by atoms with Crippen LogP contribution in [0.3, 0.4) is 0 Å². The maximum Gasteiger partial charge on any atom is 0.306 e. The van der Waals surface area contributed by atoms with Gasteiger partial charge in [0.05, 0.1) is 0 Å². The lowest BCUT2D eigenvalue weighted by atomic mass is 10.0. The third-order valence-electron chi connectivity index (χ3n) is 12.8. The molecule has 0 aromatic rings. The van der Waals surface area contributed by atoms with Crippen LogP contribution >= 0.6 is 0 Å². The van der Waals surface area contributed by atoms with Crippen molar-refractivity contribution in [3.05, 3.63) is 60.8 Å². The molecule has 0 fully saturated rings. The first-order valence-corrected chi connectivity index (χ1v) is 29.3. The fourth-order valence-corrected chi connectivity index (χ4v) is 8.37. The SMILES string of the molecule is CC/C=C\C/C=C\C/C=C\CCCCCC(=O)OCC(COC(=O)CCCCCCCCCCC/C=C\C/C=C\CCCCCCC)OC(=O)CCCCCCCCCCCCCCCCCC. The van der Waals surface area contributed by atoms with Crippen molar-refractivity contribution in [3.8, 4) is 0 Å². The van der Waals surface area contributed by atoms with Crippen LogP contribution in [0.4, 0.5) is 0 Å². The molecule has 6 heteroatoms. The first-order chi connectivity index (χ1) is 33.5. The molecule has 0 aromatic heterocycles. The van der Waals surface area contributed by atoms with Crippen LogP contribution in [-0.4, -0.2) is 37.2 Å². The van der Waals surface area contributed by atoms with Crippen LogP contribution in [0.5, 0.6) is 0 Å². The lowest BCUT2D eigenvalue weighted by Crippen LogP contribution is -2.30. The van der Waals surface area contributed by atoms with Gasteiger partial charge in [-0.1, -0.05) is 255 Å². The summed E-state index contributed by atoms with van der Waals surface area (Å²) in [6.45, 7) is 6.52. The number of ether oxygens (including phenoxy) is 3. The summed E-state index contributed by atoms with van der Waals surface area (Å²) in [4.78, 5) is 38.1. The van der Waals surface area contributed by atoms with Crippen molar-refractivity contribution in [1.82, 2.24) is 0 Å². The second kappa shape index (κ2) is 56.7. The maximum absolute atomic E-state index is 12.9. The fraction of sp³-hybridized carbons (Fsp3) is 0.790. The van der Waals surface area contributed by atoms with E-state index in [2.05, 4.69) is 81.5 Å². The molecule has 0 aromatic carbocycles. The molecule has 394 valence electrons. The third-order valence-corrected chi connectivity index (χ3v) is 12.8. The quantitative estimate of drug-likeness (QED) is 0.0262. The van der Waals surface area contributed by atoms with E-state index in [1.54, 1.807) is 0 Å². The summed E-state index contributed by atoms with van der Waals surface area (Å²) in [7, 11) is 0. The van der Waals surface area contributed by atoms with Gasteiger partial charge in [0.2, 0.25) is 0 Å². The van der Waals surface area contributed by atoms with Gasteiger partial charge in [-0.05, 0) is 83.5 Å². The maximum atomic E-state index is 12.9. The van der Waals surface area contributed by atoms with Crippen LogP contribution in [0.1, 0.15) is 297 Å². The summed E-state index contributed by atoms with van der Waals surface area (Å²) in [5.74, 6) is -0.905. The molecule has 1 atom stereocenters. The Kier molecular flexibility index (Phi) is 54.3. The van der Waals surface area contributed by atoms with Crippen molar-refractivity contribution in [1.29, 1.82) is 0 Å². The van der Waals surface area contributed by atoms with Crippen LogP contribution in [0.25, 0.3) is 0 Å². The number of unbranched alkanes of at least 4 members (excludes halogenated alkanes) is 32. The third kappa shape index (κ3) is 54.1. The van der Waals surface area contributed by atoms with Gasteiger partial charge in [-0.2, -0.15) is 0 Å². The molecular formula is C62H110O6. The van der Waals surface area contributed by atoms with E-state index in [0.29, 0.717) is 19.3 Å². The monoisotopic (exact) mass is 951 g/mol. The first-order valence-electron chi connectivity index (χ1n) is 29.3. The van der Waals surface area contributed by atoms with Crippen molar-refractivity contribution < 1.29 is 28.6 Å². The van der Waals surface area contributed by atoms with E-state index in [9.17, 15) is 14.4 Å². The molecule has 0 bridgehead atoms. The molecule has 0 saturated carbocycles. The predicted molar refractivity (Wildman–Crippen MR) is 293 cm³/mol. The van der Waals surface area contributed by atoms with Crippen molar-refractivity contribution in [3.63, 3.8) is 0 Å². The highest BCUT2D eigenvalue weighted by atomic mass is 16.6. The van der Waals surface area contributed by atoms with E-state index in [1.165, 1.54) is 167 Å². The van der Waals surface area contributed by atoms with Gasteiger partial charge >= 0.3 is 17.9 Å². The van der Waals surface area contributed by atoms with Crippen molar-refractivity contribution in [2.24, 2.45) is 0 Å².